The van der Waals surface area contributed by atoms with E-state index in [1.165, 1.54) is 16.2 Å². The molecule has 2 rings (SSSR count). The van der Waals surface area contributed by atoms with E-state index in [9.17, 15) is 4.79 Å². The van der Waals surface area contributed by atoms with Crippen molar-refractivity contribution in [1.82, 2.24) is 15.1 Å². The molecule has 1 heterocycles. The third kappa shape index (κ3) is 4.13. The maximum Gasteiger partial charge on any atom is 0.323 e. The van der Waals surface area contributed by atoms with E-state index in [0.717, 1.165) is 5.56 Å². The van der Waals surface area contributed by atoms with Gasteiger partial charge in [0.1, 0.15) is 5.01 Å². The number of aliphatic hydroxyl groups is 1. The quantitative estimate of drug-likeness (QED) is 0.885. The molecule has 0 saturated heterocycles. The van der Waals surface area contributed by atoms with E-state index in [4.69, 9.17) is 16.7 Å². The Morgan fingerprint density at radius 2 is 2.29 bits per heavy atom. The van der Waals surface area contributed by atoms with Crippen molar-refractivity contribution in [3.63, 3.8) is 0 Å². The molecule has 2 aromatic rings. The number of carbonyl (C=O) groups is 1. The normalized spacial score (nSPS) is 10.4. The van der Waals surface area contributed by atoms with Crippen LogP contribution in [0, 0.1) is 0 Å². The largest absolute Gasteiger partial charge is 0.395 e. The van der Waals surface area contributed by atoms with Crippen LogP contribution >= 0.6 is 22.9 Å². The Bertz CT molecular complexity index is 620. The number of likely N-dealkylation sites (N-methyl/N-ethyl adjacent to an activating group) is 1. The van der Waals surface area contributed by atoms with Crippen LogP contribution in [0.15, 0.2) is 24.3 Å². The molecule has 0 spiro atoms. The monoisotopic (exact) mass is 326 g/mol. The van der Waals surface area contributed by atoms with Gasteiger partial charge >= 0.3 is 6.03 Å². The van der Waals surface area contributed by atoms with Gasteiger partial charge in [-0.2, -0.15) is 0 Å². The number of hydrogen-bond acceptors (Lipinski definition) is 5. The molecule has 0 radical (unpaired) electrons. The Morgan fingerprint density at radius 3 is 2.95 bits per heavy atom. The first-order valence-corrected chi connectivity index (χ1v) is 7.59. The van der Waals surface area contributed by atoms with Gasteiger partial charge in [0.05, 0.1) is 6.61 Å². The number of nitrogens with zero attached hydrogens (tertiary/aromatic N) is 3. The minimum Gasteiger partial charge on any atom is -0.395 e. The molecule has 0 aliphatic carbocycles. The fourth-order valence-electron chi connectivity index (χ4n) is 1.71. The average molecular weight is 327 g/mol. The molecule has 1 aromatic heterocycles. The van der Waals surface area contributed by atoms with Gasteiger partial charge in [0.25, 0.3) is 0 Å². The van der Waals surface area contributed by atoms with Crippen molar-refractivity contribution < 1.29 is 9.90 Å². The van der Waals surface area contributed by atoms with Gasteiger partial charge in [-0.15, -0.1) is 10.2 Å². The third-order valence-electron chi connectivity index (χ3n) is 2.75. The number of anilines is 1. The van der Waals surface area contributed by atoms with Crippen LogP contribution in [0.2, 0.25) is 5.02 Å². The van der Waals surface area contributed by atoms with Gasteiger partial charge in [0.2, 0.25) is 5.13 Å². The summed E-state index contributed by atoms with van der Waals surface area (Å²) < 4.78 is 0. The number of rotatable bonds is 5. The van der Waals surface area contributed by atoms with Crippen molar-refractivity contribution in [2.45, 2.75) is 6.92 Å². The van der Waals surface area contributed by atoms with Crippen molar-refractivity contribution in [3.05, 3.63) is 29.3 Å². The first-order valence-electron chi connectivity index (χ1n) is 6.40. The molecule has 0 bridgehead atoms. The summed E-state index contributed by atoms with van der Waals surface area (Å²) in [5, 5.41) is 21.3. The van der Waals surface area contributed by atoms with Crippen LogP contribution in [-0.2, 0) is 0 Å². The second kappa shape index (κ2) is 7.35. The Balaban J connectivity index is 2.08. The summed E-state index contributed by atoms with van der Waals surface area (Å²) in [6.45, 7) is 2.55. The highest BCUT2D eigenvalue weighted by atomic mass is 35.5. The molecule has 2 N–H and O–H groups in total. The van der Waals surface area contributed by atoms with E-state index in [1.54, 1.807) is 12.1 Å². The molecule has 112 valence electrons. The van der Waals surface area contributed by atoms with Gasteiger partial charge < -0.3 is 10.0 Å². The molecule has 0 aliphatic rings. The lowest BCUT2D eigenvalue weighted by Gasteiger charge is -2.18. The van der Waals surface area contributed by atoms with Crippen LogP contribution in [0.25, 0.3) is 10.6 Å². The molecule has 6 nitrogen and oxygen atoms in total. The summed E-state index contributed by atoms with van der Waals surface area (Å²) in [5.41, 5.74) is 0.850. The molecule has 21 heavy (non-hydrogen) atoms. The standard InChI is InChI=1S/C13H15ClN4O2S/c1-2-18(6-7-19)13(20)15-12-17-16-11(21-12)9-4-3-5-10(14)8-9/h3-5,8,19H,2,6-7H2,1H3,(H,15,17,20). The van der Waals surface area contributed by atoms with Crippen molar-refractivity contribution >= 4 is 34.1 Å². The number of amides is 2. The average Bonchev–Trinajstić information content (AvgIpc) is 2.93. The number of aliphatic hydroxyl groups excluding tert-OH is 1. The SMILES string of the molecule is CCN(CCO)C(=O)Nc1nnc(-c2cccc(Cl)c2)s1. The fraction of sp³-hybridized carbons (Fsp3) is 0.308. The number of nitrogens with one attached hydrogen (secondary N) is 1. The Hall–Kier alpha value is -1.70. The minimum atomic E-state index is -0.305. The zero-order valence-corrected chi connectivity index (χ0v) is 13.0. The molecule has 0 atom stereocenters. The predicted molar refractivity (Wildman–Crippen MR) is 83.7 cm³/mol. The minimum absolute atomic E-state index is 0.0782. The summed E-state index contributed by atoms with van der Waals surface area (Å²) in [6, 6.07) is 6.97. The number of halogens is 1. The predicted octanol–water partition coefficient (Wildman–Crippen LogP) is 2.70. The maximum absolute atomic E-state index is 12.0. The highest BCUT2D eigenvalue weighted by Crippen LogP contribution is 2.28. The summed E-state index contributed by atoms with van der Waals surface area (Å²) in [6.07, 6.45) is 0. The molecule has 0 unspecified atom stereocenters. The maximum atomic E-state index is 12.0. The second-order valence-electron chi connectivity index (χ2n) is 4.16. The van der Waals surface area contributed by atoms with Crippen LogP contribution in [-0.4, -0.2) is 45.9 Å². The first kappa shape index (κ1) is 15.7. The van der Waals surface area contributed by atoms with Gasteiger partial charge in [-0.1, -0.05) is 35.1 Å². The Kier molecular flexibility index (Phi) is 5.49. The molecule has 8 heteroatoms. The highest BCUT2D eigenvalue weighted by molar-refractivity contribution is 7.18. The number of carbonyl (C=O) groups excluding carboxylic acids is 1. The first-order chi connectivity index (χ1) is 10.1. The smallest absolute Gasteiger partial charge is 0.323 e. The second-order valence-corrected chi connectivity index (χ2v) is 5.57. The molecular weight excluding hydrogens is 312 g/mol. The van der Waals surface area contributed by atoms with E-state index in [2.05, 4.69) is 15.5 Å². The zero-order chi connectivity index (χ0) is 15.2. The van der Waals surface area contributed by atoms with Gasteiger partial charge in [0.15, 0.2) is 0 Å². The van der Waals surface area contributed by atoms with E-state index >= 15 is 0 Å². The summed E-state index contributed by atoms with van der Waals surface area (Å²) >= 11 is 7.20. The molecule has 0 saturated carbocycles. The summed E-state index contributed by atoms with van der Waals surface area (Å²) in [4.78, 5) is 13.4. The van der Waals surface area contributed by atoms with E-state index < -0.39 is 0 Å². The van der Waals surface area contributed by atoms with Crippen LogP contribution < -0.4 is 5.32 Å². The summed E-state index contributed by atoms with van der Waals surface area (Å²) in [5.74, 6) is 0. The molecule has 0 fully saturated rings. The van der Waals surface area contributed by atoms with Crippen molar-refractivity contribution in [1.29, 1.82) is 0 Å². The third-order valence-corrected chi connectivity index (χ3v) is 3.87. The number of hydrogen-bond donors (Lipinski definition) is 2. The van der Waals surface area contributed by atoms with E-state index in [1.807, 2.05) is 19.1 Å². The van der Waals surface area contributed by atoms with Gasteiger partial charge in [0, 0.05) is 23.7 Å². The zero-order valence-electron chi connectivity index (χ0n) is 11.4. The van der Waals surface area contributed by atoms with Crippen LogP contribution in [0.1, 0.15) is 6.92 Å². The van der Waals surface area contributed by atoms with Crippen molar-refractivity contribution in [2.24, 2.45) is 0 Å². The van der Waals surface area contributed by atoms with Crippen LogP contribution in [0.3, 0.4) is 0 Å². The lowest BCUT2D eigenvalue weighted by Crippen LogP contribution is -2.36. The number of aromatic nitrogens is 2. The van der Waals surface area contributed by atoms with Gasteiger partial charge in [-0.25, -0.2) is 4.79 Å². The molecule has 0 aliphatic heterocycles. The fourth-order valence-corrected chi connectivity index (χ4v) is 2.63. The Labute approximate surface area is 131 Å². The number of urea groups is 1. The lowest BCUT2D eigenvalue weighted by atomic mass is 10.2. The van der Waals surface area contributed by atoms with Crippen molar-refractivity contribution in [2.75, 3.05) is 25.0 Å². The van der Waals surface area contributed by atoms with E-state index in [-0.39, 0.29) is 19.2 Å². The molecule has 2 amide bonds. The molecule has 1 aromatic carbocycles. The van der Waals surface area contributed by atoms with E-state index in [0.29, 0.717) is 21.7 Å². The van der Waals surface area contributed by atoms with Crippen molar-refractivity contribution in [3.8, 4) is 10.6 Å². The Morgan fingerprint density at radius 1 is 1.48 bits per heavy atom. The summed E-state index contributed by atoms with van der Waals surface area (Å²) in [7, 11) is 0. The van der Waals surface area contributed by atoms with Crippen LogP contribution in [0.5, 0.6) is 0 Å². The van der Waals surface area contributed by atoms with Crippen LogP contribution in [0.4, 0.5) is 9.93 Å². The lowest BCUT2D eigenvalue weighted by molar-refractivity contribution is 0.192. The van der Waals surface area contributed by atoms with Gasteiger partial charge in [-0.05, 0) is 19.1 Å². The van der Waals surface area contributed by atoms with Gasteiger partial charge in [-0.3, -0.25) is 5.32 Å². The molecular formula is C13H15ClN4O2S. The number of benzene rings is 1. The highest BCUT2D eigenvalue weighted by Gasteiger charge is 2.14. The topological polar surface area (TPSA) is 78.4 Å².